The predicted octanol–water partition coefficient (Wildman–Crippen LogP) is 2.12. The Balaban J connectivity index is 2.50. The summed E-state index contributed by atoms with van der Waals surface area (Å²) in [6.45, 7) is 3.74. The van der Waals surface area contributed by atoms with Crippen LogP contribution >= 0.6 is 0 Å². The molecule has 1 aromatic rings. The summed E-state index contributed by atoms with van der Waals surface area (Å²) in [6.07, 6.45) is 0.512. The van der Waals surface area contributed by atoms with Gasteiger partial charge in [0, 0.05) is 17.5 Å². The van der Waals surface area contributed by atoms with Crippen LogP contribution in [-0.2, 0) is 22.6 Å². The van der Waals surface area contributed by atoms with Crippen molar-refractivity contribution in [2.24, 2.45) is 0 Å². The van der Waals surface area contributed by atoms with E-state index < -0.39 is 5.60 Å². The van der Waals surface area contributed by atoms with E-state index in [0.717, 1.165) is 22.6 Å². The highest BCUT2D eigenvalue weighted by Gasteiger charge is 2.37. The largest absolute Gasteiger partial charge is 0.496 e. The molecule has 0 amide bonds. The second-order valence-corrected chi connectivity index (χ2v) is 4.68. The third-order valence-corrected chi connectivity index (χ3v) is 3.58. The Kier molecular flexibility index (Phi) is 3.30. The second-order valence-electron chi connectivity index (χ2n) is 4.68. The number of rotatable bonds is 3. The summed E-state index contributed by atoms with van der Waals surface area (Å²) in [6, 6.07) is 3.72. The molecule has 0 fully saturated rings. The Morgan fingerprint density at radius 3 is 2.28 bits per heavy atom. The van der Waals surface area contributed by atoms with Gasteiger partial charge in [0.15, 0.2) is 5.78 Å². The van der Waals surface area contributed by atoms with Crippen LogP contribution in [0.25, 0.3) is 0 Å². The lowest BCUT2D eigenvalue weighted by Gasteiger charge is -2.34. The molecule has 98 valence electrons. The SMILES string of the molecule is COc1ccc(OC)c2c1COC(C)(C(C)=O)C2. The van der Waals surface area contributed by atoms with Crippen molar-refractivity contribution >= 4 is 5.78 Å². The lowest BCUT2D eigenvalue weighted by Crippen LogP contribution is -2.42. The molecule has 4 heteroatoms. The van der Waals surface area contributed by atoms with Crippen LogP contribution in [0.3, 0.4) is 0 Å². The summed E-state index contributed by atoms with van der Waals surface area (Å²) in [5.41, 5.74) is 1.20. The quantitative estimate of drug-likeness (QED) is 0.824. The minimum atomic E-state index is -0.771. The van der Waals surface area contributed by atoms with Crippen LogP contribution in [0, 0.1) is 0 Å². The van der Waals surface area contributed by atoms with Gasteiger partial charge in [0.25, 0.3) is 0 Å². The first-order valence-electron chi connectivity index (χ1n) is 5.89. The van der Waals surface area contributed by atoms with E-state index >= 15 is 0 Å². The van der Waals surface area contributed by atoms with Crippen LogP contribution in [0.1, 0.15) is 25.0 Å². The van der Waals surface area contributed by atoms with E-state index in [4.69, 9.17) is 14.2 Å². The first-order valence-corrected chi connectivity index (χ1v) is 5.89. The third kappa shape index (κ3) is 1.97. The summed E-state index contributed by atoms with van der Waals surface area (Å²) < 4.78 is 16.4. The number of methoxy groups -OCH3 is 2. The average Bonchev–Trinajstić information content (AvgIpc) is 2.37. The number of benzene rings is 1. The molecular weight excluding hydrogens is 232 g/mol. The highest BCUT2D eigenvalue weighted by atomic mass is 16.5. The molecule has 0 aliphatic carbocycles. The van der Waals surface area contributed by atoms with Crippen LogP contribution in [0.5, 0.6) is 11.5 Å². The minimum absolute atomic E-state index is 0.0259. The van der Waals surface area contributed by atoms with E-state index in [1.807, 2.05) is 19.1 Å². The fourth-order valence-electron chi connectivity index (χ4n) is 2.23. The van der Waals surface area contributed by atoms with E-state index in [1.165, 1.54) is 0 Å². The van der Waals surface area contributed by atoms with Crippen molar-refractivity contribution in [3.63, 3.8) is 0 Å². The summed E-state index contributed by atoms with van der Waals surface area (Å²) in [5, 5.41) is 0. The number of Topliss-reactive ketones (excluding diaryl/α,β-unsaturated/α-hetero) is 1. The molecule has 1 aromatic carbocycles. The number of hydrogen-bond acceptors (Lipinski definition) is 4. The van der Waals surface area contributed by atoms with Crippen molar-refractivity contribution in [1.82, 2.24) is 0 Å². The Hall–Kier alpha value is -1.55. The summed E-state index contributed by atoms with van der Waals surface area (Å²) >= 11 is 0. The van der Waals surface area contributed by atoms with Crippen LogP contribution < -0.4 is 9.47 Å². The van der Waals surface area contributed by atoms with E-state index in [9.17, 15) is 4.79 Å². The predicted molar refractivity (Wildman–Crippen MR) is 67.1 cm³/mol. The van der Waals surface area contributed by atoms with Gasteiger partial charge in [-0.2, -0.15) is 0 Å². The van der Waals surface area contributed by atoms with Gasteiger partial charge >= 0.3 is 0 Å². The second kappa shape index (κ2) is 4.61. The molecule has 0 saturated carbocycles. The molecule has 4 nitrogen and oxygen atoms in total. The van der Waals surface area contributed by atoms with Crippen LogP contribution in [0.2, 0.25) is 0 Å². The van der Waals surface area contributed by atoms with Gasteiger partial charge in [0.2, 0.25) is 0 Å². The minimum Gasteiger partial charge on any atom is -0.496 e. The molecular formula is C14H18O4. The Morgan fingerprint density at radius 2 is 1.78 bits per heavy atom. The summed E-state index contributed by atoms with van der Waals surface area (Å²) in [5.74, 6) is 1.58. The zero-order valence-electron chi connectivity index (χ0n) is 11.2. The molecule has 0 aromatic heterocycles. The molecule has 18 heavy (non-hydrogen) atoms. The molecule has 1 atom stereocenters. The van der Waals surface area contributed by atoms with Gasteiger partial charge in [-0.05, 0) is 26.0 Å². The van der Waals surface area contributed by atoms with E-state index in [2.05, 4.69) is 0 Å². The Morgan fingerprint density at radius 1 is 1.22 bits per heavy atom. The number of carbonyl (C=O) groups is 1. The Bertz CT molecular complexity index is 481. The fourth-order valence-corrected chi connectivity index (χ4v) is 2.23. The third-order valence-electron chi connectivity index (χ3n) is 3.58. The number of ketones is 1. The first-order chi connectivity index (χ1) is 8.51. The van der Waals surface area contributed by atoms with Crippen LogP contribution in [-0.4, -0.2) is 25.6 Å². The maximum Gasteiger partial charge on any atom is 0.161 e. The first kappa shape index (κ1) is 12.9. The van der Waals surface area contributed by atoms with Crippen LogP contribution in [0.15, 0.2) is 12.1 Å². The molecule has 1 heterocycles. The summed E-state index contributed by atoms with van der Waals surface area (Å²) in [7, 11) is 3.25. The number of hydrogen-bond donors (Lipinski definition) is 0. The van der Waals surface area contributed by atoms with Gasteiger partial charge in [0.1, 0.15) is 17.1 Å². The normalized spacial score (nSPS) is 22.2. The van der Waals surface area contributed by atoms with Gasteiger partial charge < -0.3 is 14.2 Å². The number of ether oxygens (including phenoxy) is 3. The van der Waals surface area contributed by atoms with Gasteiger partial charge in [-0.15, -0.1) is 0 Å². The zero-order chi connectivity index (χ0) is 13.3. The standard InChI is InChI=1S/C14H18O4/c1-9(15)14(2)7-10-11(8-18-14)13(17-4)6-5-12(10)16-3/h5-6H,7-8H2,1-4H3. The molecule has 0 N–H and O–H groups in total. The molecule has 0 radical (unpaired) electrons. The molecule has 1 unspecified atom stereocenters. The van der Waals surface area contributed by atoms with Gasteiger partial charge in [-0.1, -0.05) is 0 Å². The molecule has 2 rings (SSSR count). The van der Waals surface area contributed by atoms with Crippen molar-refractivity contribution in [2.45, 2.75) is 32.5 Å². The average molecular weight is 250 g/mol. The topological polar surface area (TPSA) is 44.8 Å². The zero-order valence-corrected chi connectivity index (χ0v) is 11.2. The van der Waals surface area contributed by atoms with Crippen molar-refractivity contribution < 1.29 is 19.0 Å². The molecule has 0 spiro atoms. The maximum atomic E-state index is 11.7. The summed E-state index contributed by atoms with van der Waals surface area (Å²) in [4.78, 5) is 11.7. The van der Waals surface area contributed by atoms with Gasteiger partial charge in [-0.3, -0.25) is 4.79 Å². The van der Waals surface area contributed by atoms with Crippen molar-refractivity contribution in [1.29, 1.82) is 0 Å². The number of carbonyl (C=O) groups excluding carboxylic acids is 1. The number of fused-ring (bicyclic) bond motifs is 1. The molecule has 0 saturated heterocycles. The lowest BCUT2D eigenvalue weighted by atomic mass is 9.87. The van der Waals surface area contributed by atoms with Crippen molar-refractivity contribution in [3.8, 4) is 11.5 Å². The van der Waals surface area contributed by atoms with Crippen LogP contribution in [0.4, 0.5) is 0 Å². The fraction of sp³-hybridized carbons (Fsp3) is 0.500. The highest BCUT2D eigenvalue weighted by molar-refractivity contribution is 5.85. The lowest BCUT2D eigenvalue weighted by molar-refractivity contribution is -0.143. The van der Waals surface area contributed by atoms with E-state index in [0.29, 0.717) is 13.0 Å². The van der Waals surface area contributed by atoms with Gasteiger partial charge in [-0.25, -0.2) is 0 Å². The molecule has 0 bridgehead atoms. The monoisotopic (exact) mass is 250 g/mol. The molecule has 1 aliphatic heterocycles. The molecule has 1 aliphatic rings. The van der Waals surface area contributed by atoms with Crippen molar-refractivity contribution in [3.05, 3.63) is 23.3 Å². The Labute approximate surface area is 107 Å². The smallest absolute Gasteiger partial charge is 0.161 e. The van der Waals surface area contributed by atoms with E-state index in [1.54, 1.807) is 21.1 Å². The highest BCUT2D eigenvalue weighted by Crippen LogP contribution is 2.39. The maximum absolute atomic E-state index is 11.7. The van der Waals surface area contributed by atoms with Crippen molar-refractivity contribution in [2.75, 3.05) is 14.2 Å². The van der Waals surface area contributed by atoms with E-state index in [-0.39, 0.29) is 5.78 Å². The van der Waals surface area contributed by atoms with Gasteiger partial charge in [0.05, 0.1) is 20.8 Å².